The number of nitrogens with zero attached hydrogens (tertiary/aromatic N) is 2. The van der Waals surface area contributed by atoms with E-state index in [0.717, 1.165) is 50.9 Å². The van der Waals surface area contributed by atoms with Crippen molar-refractivity contribution in [3.05, 3.63) is 17.7 Å². The maximum atomic E-state index is 6.02. The van der Waals surface area contributed by atoms with Gasteiger partial charge in [0.25, 0.3) is 0 Å². The molecule has 1 aromatic carbocycles. The Kier molecular flexibility index (Phi) is 3.62. The van der Waals surface area contributed by atoms with Gasteiger partial charge in [0.1, 0.15) is 12.4 Å². The Morgan fingerprint density at radius 2 is 1.95 bits per heavy atom. The van der Waals surface area contributed by atoms with Crippen molar-refractivity contribution in [1.29, 1.82) is 0 Å². The van der Waals surface area contributed by atoms with E-state index in [1.807, 2.05) is 6.07 Å². The molecule has 5 heteroatoms. The smallest absolute Gasteiger partial charge is 0.145 e. The lowest BCUT2D eigenvalue weighted by atomic mass is 10.0. The van der Waals surface area contributed by atoms with Crippen LogP contribution in [-0.4, -0.2) is 56.4 Å². The van der Waals surface area contributed by atoms with Gasteiger partial charge in [-0.3, -0.25) is 4.90 Å². The Morgan fingerprint density at radius 1 is 1.14 bits per heavy atom. The standard InChI is InChI=1S/C17H25N3O2/c1-12-8-13(18)9-16-17(12)20-5-4-19(10-15(20)11-22-16)14-2-6-21-7-3-14/h8-9,14-15H,2-7,10-11,18H2,1H3/t15-/m0/s1. The fraction of sp³-hybridized carbons (Fsp3) is 0.647. The molecule has 5 nitrogen and oxygen atoms in total. The quantitative estimate of drug-likeness (QED) is 0.799. The van der Waals surface area contributed by atoms with Crippen LogP contribution in [0.5, 0.6) is 5.75 Å². The average molecular weight is 303 g/mol. The van der Waals surface area contributed by atoms with Gasteiger partial charge in [0, 0.05) is 50.6 Å². The first-order valence-electron chi connectivity index (χ1n) is 8.34. The lowest BCUT2D eigenvalue weighted by Gasteiger charge is -2.48. The van der Waals surface area contributed by atoms with Crippen LogP contribution in [0.4, 0.5) is 11.4 Å². The lowest BCUT2D eigenvalue weighted by molar-refractivity contribution is 0.0231. The molecule has 2 fully saturated rings. The highest BCUT2D eigenvalue weighted by Gasteiger charge is 2.36. The molecule has 0 unspecified atom stereocenters. The number of fused-ring (bicyclic) bond motifs is 3. The van der Waals surface area contributed by atoms with Gasteiger partial charge < -0.3 is 20.1 Å². The zero-order valence-corrected chi connectivity index (χ0v) is 13.3. The van der Waals surface area contributed by atoms with Crippen LogP contribution >= 0.6 is 0 Å². The first-order valence-corrected chi connectivity index (χ1v) is 8.34. The van der Waals surface area contributed by atoms with Gasteiger partial charge >= 0.3 is 0 Å². The molecule has 0 aliphatic carbocycles. The van der Waals surface area contributed by atoms with Crippen LogP contribution in [0.25, 0.3) is 0 Å². The Labute approximate surface area is 132 Å². The molecule has 0 spiro atoms. The SMILES string of the molecule is Cc1cc(N)cc2c1N1CCN(C3CCOCC3)C[C@H]1CO2. The van der Waals surface area contributed by atoms with Gasteiger partial charge in [0.2, 0.25) is 0 Å². The monoisotopic (exact) mass is 303 g/mol. The van der Waals surface area contributed by atoms with Crippen LogP contribution in [0.2, 0.25) is 0 Å². The van der Waals surface area contributed by atoms with E-state index in [9.17, 15) is 0 Å². The third-order valence-corrected chi connectivity index (χ3v) is 5.23. The molecule has 120 valence electrons. The second-order valence-electron chi connectivity index (χ2n) is 6.68. The summed E-state index contributed by atoms with van der Waals surface area (Å²) >= 11 is 0. The molecule has 22 heavy (non-hydrogen) atoms. The van der Waals surface area contributed by atoms with Gasteiger partial charge in [-0.25, -0.2) is 0 Å². The molecular weight excluding hydrogens is 278 g/mol. The molecule has 0 aromatic heterocycles. The van der Waals surface area contributed by atoms with Crippen molar-refractivity contribution in [2.75, 3.05) is 50.1 Å². The third kappa shape index (κ3) is 2.42. The van der Waals surface area contributed by atoms with E-state index in [1.54, 1.807) is 0 Å². The summed E-state index contributed by atoms with van der Waals surface area (Å²) < 4.78 is 11.5. The number of nitrogens with two attached hydrogens (primary N) is 1. The number of ether oxygens (including phenoxy) is 2. The molecule has 0 amide bonds. The number of nitrogen functional groups attached to an aromatic ring is 1. The molecule has 2 N–H and O–H groups in total. The second kappa shape index (κ2) is 5.63. The second-order valence-corrected chi connectivity index (χ2v) is 6.68. The normalized spacial score (nSPS) is 26.2. The number of aryl methyl sites for hydroxylation is 1. The molecule has 2 saturated heterocycles. The largest absolute Gasteiger partial charge is 0.489 e. The minimum atomic E-state index is 0.450. The first kappa shape index (κ1) is 14.2. The lowest BCUT2D eigenvalue weighted by Crippen LogP contribution is -2.60. The molecule has 1 atom stereocenters. The Balaban J connectivity index is 1.54. The predicted molar refractivity (Wildman–Crippen MR) is 87.6 cm³/mol. The summed E-state index contributed by atoms with van der Waals surface area (Å²) in [5.74, 6) is 0.952. The predicted octanol–water partition coefficient (Wildman–Crippen LogP) is 1.64. The summed E-state index contributed by atoms with van der Waals surface area (Å²) in [4.78, 5) is 5.17. The summed E-state index contributed by atoms with van der Waals surface area (Å²) in [6, 6.07) is 5.15. The highest BCUT2D eigenvalue weighted by Crippen LogP contribution is 2.40. The van der Waals surface area contributed by atoms with Crippen LogP contribution in [0.15, 0.2) is 12.1 Å². The minimum Gasteiger partial charge on any atom is -0.489 e. The van der Waals surface area contributed by atoms with Gasteiger partial charge in [-0.2, -0.15) is 0 Å². The number of hydrogen-bond donors (Lipinski definition) is 1. The topological polar surface area (TPSA) is 51.0 Å². The van der Waals surface area contributed by atoms with Crippen molar-refractivity contribution in [1.82, 2.24) is 4.90 Å². The van der Waals surface area contributed by atoms with Crippen LogP contribution < -0.4 is 15.4 Å². The summed E-state index contributed by atoms with van der Waals surface area (Å²) in [7, 11) is 0. The summed E-state index contributed by atoms with van der Waals surface area (Å²) in [5.41, 5.74) is 9.21. The van der Waals surface area contributed by atoms with Gasteiger partial charge in [0.05, 0.1) is 11.7 Å². The van der Waals surface area contributed by atoms with Crippen LogP contribution in [0, 0.1) is 6.92 Å². The molecule has 3 aliphatic rings. The number of piperazine rings is 1. The van der Waals surface area contributed by atoms with Gasteiger partial charge in [-0.1, -0.05) is 0 Å². The van der Waals surface area contributed by atoms with Gasteiger partial charge in [-0.05, 0) is 31.4 Å². The number of benzene rings is 1. The third-order valence-electron chi connectivity index (χ3n) is 5.23. The van der Waals surface area contributed by atoms with Crippen molar-refractivity contribution in [2.45, 2.75) is 31.8 Å². The molecule has 0 radical (unpaired) electrons. The summed E-state index contributed by atoms with van der Waals surface area (Å²) in [5, 5.41) is 0. The Bertz CT molecular complexity index is 557. The van der Waals surface area contributed by atoms with Crippen LogP contribution in [0.3, 0.4) is 0 Å². The summed E-state index contributed by atoms with van der Waals surface area (Å²) in [6.45, 7) is 8.00. The van der Waals surface area contributed by atoms with E-state index in [0.29, 0.717) is 12.1 Å². The molecule has 4 rings (SSSR count). The number of rotatable bonds is 1. The highest BCUT2D eigenvalue weighted by molar-refractivity contribution is 5.70. The van der Waals surface area contributed by atoms with Crippen molar-refractivity contribution in [3.63, 3.8) is 0 Å². The number of anilines is 2. The van der Waals surface area contributed by atoms with Gasteiger partial charge in [-0.15, -0.1) is 0 Å². The zero-order chi connectivity index (χ0) is 15.1. The molecule has 0 saturated carbocycles. The minimum absolute atomic E-state index is 0.450. The molecule has 0 bridgehead atoms. The van der Waals surface area contributed by atoms with E-state index < -0.39 is 0 Å². The molecule has 3 aliphatic heterocycles. The van der Waals surface area contributed by atoms with Crippen molar-refractivity contribution in [3.8, 4) is 5.75 Å². The van der Waals surface area contributed by atoms with Crippen LogP contribution in [0.1, 0.15) is 18.4 Å². The van der Waals surface area contributed by atoms with E-state index in [-0.39, 0.29) is 0 Å². The number of hydrogen-bond acceptors (Lipinski definition) is 5. The highest BCUT2D eigenvalue weighted by atomic mass is 16.5. The Hall–Kier alpha value is -1.46. The van der Waals surface area contributed by atoms with E-state index in [4.69, 9.17) is 15.2 Å². The van der Waals surface area contributed by atoms with E-state index >= 15 is 0 Å². The molecule has 1 aromatic rings. The average Bonchev–Trinajstić information content (AvgIpc) is 2.54. The molecular formula is C17H25N3O2. The van der Waals surface area contributed by atoms with Gasteiger partial charge in [0.15, 0.2) is 0 Å². The maximum Gasteiger partial charge on any atom is 0.145 e. The van der Waals surface area contributed by atoms with Crippen molar-refractivity contribution >= 4 is 11.4 Å². The first-order chi connectivity index (χ1) is 10.7. The fourth-order valence-corrected chi connectivity index (χ4v) is 4.14. The zero-order valence-electron chi connectivity index (χ0n) is 13.3. The van der Waals surface area contributed by atoms with Crippen molar-refractivity contribution < 1.29 is 9.47 Å². The fourth-order valence-electron chi connectivity index (χ4n) is 4.14. The summed E-state index contributed by atoms with van der Waals surface area (Å²) in [6.07, 6.45) is 2.33. The van der Waals surface area contributed by atoms with E-state index in [2.05, 4.69) is 22.8 Å². The van der Waals surface area contributed by atoms with Crippen LogP contribution in [-0.2, 0) is 4.74 Å². The van der Waals surface area contributed by atoms with E-state index in [1.165, 1.54) is 24.1 Å². The maximum absolute atomic E-state index is 6.02. The Morgan fingerprint density at radius 3 is 2.77 bits per heavy atom. The molecule has 3 heterocycles. The van der Waals surface area contributed by atoms with Crippen molar-refractivity contribution in [2.24, 2.45) is 0 Å².